The van der Waals surface area contributed by atoms with E-state index in [-0.39, 0.29) is 23.1 Å². The zero-order valence-corrected chi connectivity index (χ0v) is 18.4. The van der Waals surface area contributed by atoms with Gasteiger partial charge in [0.15, 0.2) is 0 Å². The number of hydrogen-bond donors (Lipinski definition) is 0. The molecule has 0 aromatic heterocycles. The van der Waals surface area contributed by atoms with Gasteiger partial charge in [0.25, 0.3) is 11.6 Å². The average molecular weight is 441 g/mol. The van der Waals surface area contributed by atoms with Crippen molar-refractivity contribution in [1.82, 2.24) is 9.80 Å². The second-order valence-electron chi connectivity index (χ2n) is 7.70. The Labute approximate surface area is 187 Å². The molecule has 0 atom stereocenters. The molecule has 3 rings (SSSR count). The van der Waals surface area contributed by atoms with Crippen molar-refractivity contribution in [2.24, 2.45) is 0 Å². The first-order valence-electron chi connectivity index (χ1n) is 10.6. The van der Waals surface area contributed by atoms with Crippen LogP contribution in [0.3, 0.4) is 0 Å². The van der Waals surface area contributed by atoms with E-state index in [1.165, 1.54) is 13.0 Å². The largest absolute Gasteiger partial charge is 0.494 e. The molecule has 1 aliphatic rings. The van der Waals surface area contributed by atoms with Gasteiger partial charge in [0, 0.05) is 58.3 Å². The van der Waals surface area contributed by atoms with Gasteiger partial charge in [0.05, 0.1) is 11.5 Å². The Kier molecular flexibility index (Phi) is 7.64. The van der Waals surface area contributed by atoms with Gasteiger partial charge in [-0.1, -0.05) is 18.2 Å². The number of rotatable bonds is 8. The monoisotopic (exact) mass is 440 g/mol. The number of benzene rings is 2. The van der Waals surface area contributed by atoms with E-state index in [1.807, 2.05) is 35.2 Å². The van der Waals surface area contributed by atoms with Crippen LogP contribution < -0.4 is 9.64 Å². The van der Waals surface area contributed by atoms with Crippen molar-refractivity contribution < 1.29 is 19.2 Å². The summed E-state index contributed by atoms with van der Waals surface area (Å²) in [6.07, 6.45) is 0.637. The highest BCUT2D eigenvalue weighted by atomic mass is 16.6. The summed E-state index contributed by atoms with van der Waals surface area (Å²) in [6.45, 7) is 4.50. The molecular formula is C23H28N4O5. The molecule has 0 unspecified atom stereocenters. The minimum Gasteiger partial charge on any atom is -0.494 e. The van der Waals surface area contributed by atoms with E-state index in [0.29, 0.717) is 51.4 Å². The lowest BCUT2D eigenvalue weighted by atomic mass is 10.1. The zero-order chi connectivity index (χ0) is 23.1. The Balaban J connectivity index is 1.60. The maximum atomic E-state index is 12.8. The molecule has 0 radical (unpaired) electrons. The standard InChI is InChI=1S/C23H28N4O5/c1-18(28)25-12-14-26(15-13-25)21-10-9-19(17-22(21)27(30)31)23(29)24(2)11-6-16-32-20-7-4-3-5-8-20/h3-5,7-10,17H,6,11-16H2,1-2H3. The van der Waals surface area contributed by atoms with Crippen molar-refractivity contribution in [3.05, 3.63) is 64.2 Å². The van der Waals surface area contributed by atoms with Crippen molar-refractivity contribution in [3.8, 4) is 5.75 Å². The molecule has 0 saturated carbocycles. The second-order valence-corrected chi connectivity index (χ2v) is 7.70. The zero-order valence-electron chi connectivity index (χ0n) is 18.4. The number of piperazine rings is 1. The van der Waals surface area contributed by atoms with Crippen LogP contribution in [0.2, 0.25) is 0 Å². The number of carbonyl (C=O) groups is 2. The minimum absolute atomic E-state index is 0.00250. The first kappa shape index (κ1) is 23.1. The second kappa shape index (κ2) is 10.6. The van der Waals surface area contributed by atoms with Gasteiger partial charge >= 0.3 is 0 Å². The summed E-state index contributed by atoms with van der Waals surface area (Å²) in [6, 6.07) is 14.0. The molecule has 0 aliphatic carbocycles. The van der Waals surface area contributed by atoms with Crippen LogP contribution in [0, 0.1) is 10.1 Å². The lowest BCUT2D eigenvalue weighted by Crippen LogP contribution is -2.48. The predicted molar refractivity (Wildman–Crippen MR) is 121 cm³/mol. The van der Waals surface area contributed by atoms with Crippen LogP contribution in [-0.2, 0) is 4.79 Å². The summed E-state index contributed by atoms with van der Waals surface area (Å²) >= 11 is 0. The van der Waals surface area contributed by atoms with E-state index < -0.39 is 4.92 Å². The van der Waals surface area contributed by atoms with Crippen LogP contribution in [0.25, 0.3) is 0 Å². The van der Waals surface area contributed by atoms with Crippen LogP contribution in [0.4, 0.5) is 11.4 Å². The van der Waals surface area contributed by atoms with Crippen molar-refractivity contribution in [3.63, 3.8) is 0 Å². The first-order chi connectivity index (χ1) is 15.4. The lowest BCUT2D eigenvalue weighted by molar-refractivity contribution is -0.384. The molecule has 1 saturated heterocycles. The Morgan fingerprint density at radius 1 is 1.09 bits per heavy atom. The highest BCUT2D eigenvalue weighted by Gasteiger charge is 2.26. The van der Waals surface area contributed by atoms with Crippen molar-refractivity contribution in [2.75, 3.05) is 51.3 Å². The number of carbonyl (C=O) groups excluding carboxylic acids is 2. The molecule has 1 fully saturated rings. The van der Waals surface area contributed by atoms with E-state index in [4.69, 9.17) is 4.74 Å². The number of nitro groups is 1. The maximum Gasteiger partial charge on any atom is 0.293 e. The van der Waals surface area contributed by atoms with Gasteiger partial charge in [-0.25, -0.2) is 0 Å². The third-order valence-corrected chi connectivity index (χ3v) is 5.48. The highest BCUT2D eigenvalue weighted by Crippen LogP contribution is 2.30. The number of nitrogens with zero attached hydrogens (tertiary/aromatic N) is 4. The maximum absolute atomic E-state index is 12.8. The topological polar surface area (TPSA) is 96.2 Å². The van der Waals surface area contributed by atoms with Crippen LogP contribution in [0.1, 0.15) is 23.7 Å². The molecule has 2 aromatic rings. The SMILES string of the molecule is CC(=O)N1CCN(c2ccc(C(=O)N(C)CCCOc3ccccc3)cc2[N+](=O)[O-])CC1. The summed E-state index contributed by atoms with van der Waals surface area (Å²) in [7, 11) is 1.67. The number of ether oxygens (including phenoxy) is 1. The summed E-state index contributed by atoms with van der Waals surface area (Å²) in [5, 5.41) is 11.7. The number of nitro benzene ring substituents is 1. The van der Waals surface area contributed by atoms with Gasteiger partial charge in [-0.15, -0.1) is 0 Å². The van der Waals surface area contributed by atoms with Crippen molar-refractivity contribution >= 4 is 23.2 Å². The molecule has 1 aliphatic heterocycles. The molecular weight excluding hydrogens is 412 g/mol. The molecule has 0 spiro atoms. The molecule has 9 nitrogen and oxygen atoms in total. The van der Waals surface area contributed by atoms with Crippen LogP contribution in [-0.4, -0.2) is 72.9 Å². The summed E-state index contributed by atoms with van der Waals surface area (Å²) in [4.78, 5) is 40.7. The van der Waals surface area contributed by atoms with Gasteiger partial charge in [-0.3, -0.25) is 19.7 Å². The fraction of sp³-hybridized carbons (Fsp3) is 0.391. The van der Waals surface area contributed by atoms with Gasteiger partial charge in [0.2, 0.25) is 5.91 Å². The smallest absolute Gasteiger partial charge is 0.293 e. The molecule has 0 bridgehead atoms. The molecule has 2 aromatic carbocycles. The normalized spacial score (nSPS) is 13.6. The Morgan fingerprint density at radius 3 is 2.41 bits per heavy atom. The fourth-order valence-corrected chi connectivity index (χ4v) is 3.66. The van der Waals surface area contributed by atoms with E-state index in [9.17, 15) is 19.7 Å². The molecule has 0 N–H and O–H groups in total. The van der Waals surface area contributed by atoms with E-state index >= 15 is 0 Å². The van der Waals surface area contributed by atoms with E-state index in [0.717, 1.165) is 5.75 Å². The van der Waals surface area contributed by atoms with Gasteiger partial charge in [-0.05, 0) is 30.7 Å². The lowest BCUT2D eigenvalue weighted by Gasteiger charge is -2.35. The predicted octanol–water partition coefficient (Wildman–Crippen LogP) is 2.80. The number of amides is 2. The molecule has 32 heavy (non-hydrogen) atoms. The Bertz CT molecular complexity index is 958. The van der Waals surface area contributed by atoms with E-state index in [2.05, 4.69) is 0 Å². The quantitative estimate of drug-likeness (QED) is 0.356. The summed E-state index contributed by atoms with van der Waals surface area (Å²) < 4.78 is 5.64. The summed E-state index contributed by atoms with van der Waals surface area (Å²) in [5.41, 5.74) is 0.635. The average Bonchev–Trinajstić information content (AvgIpc) is 2.81. The van der Waals surface area contributed by atoms with Gasteiger partial charge in [0.1, 0.15) is 11.4 Å². The number of para-hydroxylation sites is 1. The summed E-state index contributed by atoms with van der Waals surface area (Å²) in [5.74, 6) is 0.495. The van der Waals surface area contributed by atoms with Crippen molar-refractivity contribution in [1.29, 1.82) is 0 Å². The third-order valence-electron chi connectivity index (χ3n) is 5.48. The van der Waals surface area contributed by atoms with Crippen LogP contribution >= 0.6 is 0 Å². The third kappa shape index (κ3) is 5.75. The van der Waals surface area contributed by atoms with Gasteiger partial charge in [-0.2, -0.15) is 0 Å². The van der Waals surface area contributed by atoms with Crippen LogP contribution in [0.5, 0.6) is 5.75 Å². The van der Waals surface area contributed by atoms with Gasteiger partial charge < -0.3 is 19.4 Å². The first-order valence-corrected chi connectivity index (χ1v) is 10.6. The van der Waals surface area contributed by atoms with Crippen molar-refractivity contribution in [2.45, 2.75) is 13.3 Å². The fourth-order valence-electron chi connectivity index (χ4n) is 3.66. The van der Waals surface area contributed by atoms with E-state index in [1.54, 1.807) is 29.0 Å². The molecule has 9 heteroatoms. The minimum atomic E-state index is -0.461. The Hall–Kier alpha value is -3.62. The molecule has 170 valence electrons. The Morgan fingerprint density at radius 2 is 1.78 bits per heavy atom. The molecule has 1 heterocycles. The number of hydrogen-bond acceptors (Lipinski definition) is 6. The number of anilines is 1. The highest BCUT2D eigenvalue weighted by molar-refractivity contribution is 5.95. The molecule has 2 amide bonds. The van der Waals surface area contributed by atoms with Crippen LogP contribution in [0.15, 0.2) is 48.5 Å².